The van der Waals surface area contributed by atoms with Crippen LogP contribution < -0.4 is 5.32 Å². The highest BCUT2D eigenvalue weighted by atomic mass is 19.1. The maximum Gasteiger partial charge on any atom is 0.227 e. The third-order valence-corrected chi connectivity index (χ3v) is 4.63. The highest BCUT2D eigenvalue weighted by Gasteiger charge is 2.26. The first-order valence-corrected chi connectivity index (χ1v) is 9.61. The number of hydrogen-bond acceptors (Lipinski definition) is 8. The molecule has 0 spiro atoms. The molecule has 10 heteroatoms. The number of anilines is 2. The topological polar surface area (TPSA) is 106 Å². The second-order valence-electron chi connectivity index (χ2n) is 6.87. The number of aromatic nitrogens is 4. The number of morpholine rings is 1. The van der Waals surface area contributed by atoms with Crippen LogP contribution in [-0.2, 0) is 16.0 Å². The Morgan fingerprint density at radius 1 is 1.27 bits per heavy atom. The van der Waals surface area contributed by atoms with Crippen molar-refractivity contribution in [3.8, 4) is 0 Å². The lowest BCUT2D eigenvalue weighted by molar-refractivity contribution is -0.139. The lowest BCUT2D eigenvalue weighted by Gasteiger charge is -2.32. The number of pyridine rings is 2. The van der Waals surface area contributed by atoms with E-state index in [1.54, 1.807) is 17.9 Å². The number of halogens is 1. The molecule has 1 atom stereocenters. The van der Waals surface area contributed by atoms with Gasteiger partial charge in [-0.3, -0.25) is 4.79 Å². The van der Waals surface area contributed by atoms with Gasteiger partial charge in [-0.15, -0.1) is 0 Å². The predicted octanol–water partition coefficient (Wildman–Crippen LogP) is 2.58. The second kappa shape index (κ2) is 8.95. The molecule has 156 valence electrons. The first-order valence-electron chi connectivity index (χ1n) is 9.61. The summed E-state index contributed by atoms with van der Waals surface area (Å²) in [6.07, 6.45) is 1.50. The van der Waals surface area contributed by atoms with Crippen molar-refractivity contribution in [3.63, 3.8) is 0 Å². The largest absolute Gasteiger partial charge is 0.368 e. The van der Waals surface area contributed by atoms with Crippen molar-refractivity contribution in [3.05, 3.63) is 59.8 Å². The van der Waals surface area contributed by atoms with Gasteiger partial charge in [0.05, 0.1) is 25.0 Å². The summed E-state index contributed by atoms with van der Waals surface area (Å²) in [5.74, 6) is 1.66. The molecule has 1 N–H and O–H groups in total. The van der Waals surface area contributed by atoms with Crippen LogP contribution in [0, 0.1) is 12.7 Å². The van der Waals surface area contributed by atoms with E-state index in [1.165, 1.54) is 12.1 Å². The summed E-state index contributed by atoms with van der Waals surface area (Å²) in [5.41, 5.74) is 0.701. The summed E-state index contributed by atoms with van der Waals surface area (Å²) in [7, 11) is 0. The number of carbonyl (C=O) groups is 1. The van der Waals surface area contributed by atoms with Gasteiger partial charge in [0.1, 0.15) is 23.6 Å². The van der Waals surface area contributed by atoms with Crippen LogP contribution in [0.3, 0.4) is 0 Å². The van der Waals surface area contributed by atoms with E-state index in [2.05, 4.69) is 25.4 Å². The number of nitrogens with one attached hydrogen (secondary N) is 1. The zero-order valence-corrected chi connectivity index (χ0v) is 16.4. The molecule has 4 rings (SSSR count). The van der Waals surface area contributed by atoms with Crippen molar-refractivity contribution in [1.82, 2.24) is 25.0 Å². The average Bonchev–Trinajstić information content (AvgIpc) is 3.19. The molecular weight excluding hydrogens is 391 g/mol. The molecule has 3 aromatic heterocycles. The molecule has 0 unspecified atom stereocenters. The lowest BCUT2D eigenvalue weighted by atomic mass is 10.1. The molecule has 0 radical (unpaired) electrons. The number of nitrogens with zero attached hydrogens (tertiary/aromatic N) is 5. The summed E-state index contributed by atoms with van der Waals surface area (Å²) in [5, 5.41) is 6.77. The predicted molar refractivity (Wildman–Crippen MR) is 104 cm³/mol. The highest BCUT2D eigenvalue weighted by Crippen LogP contribution is 2.23. The molecule has 3 aromatic rings. The Balaban J connectivity index is 1.37. The van der Waals surface area contributed by atoms with Crippen LogP contribution in [0.5, 0.6) is 0 Å². The summed E-state index contributed by atoms with van der Waals surface area (Å²) in [6.45, 7) is 3.10. The van der Waals surface area contributed by atoms with E-state index in [-0.39, 0.29) is 12.0 Å². The van der Waals surface area contributed by atoms with Gasteiger partial charge in [0.25, 0.3) is 0 Å². The molecule has 1 fully saturated rings. The molecule has 1 saturated heterocycles. The van der Waals surface area contributed by atoms with E-state index in [1.807, 2.05) is 12.1 Å². The van der Waals surface area contributed by atoms with Crippen LogP contribution in [0.2, 0.25) is 0 Å². The van der Waals surface area contributed by atoms with Crippen molar-refractivity contribution >= 4 is 17.5 Å². The quantitative estimate of drug-likeness (QED) is 0.658. The number of carbonyl (C=O) groups excluding carboxylic acids is 1. The van der Waals surface area contributed by atoms with E-state index in [9.17, 15) is 9.18 Å². The summed E-state index contributed by atoms with van der Waals surface area (Å²) in [6, 6.07) is 8.33. The molecule has 30 heavy (non-hydrogen) atoms. The molecular formula is C20H21FN6O3. The van der Waals surface area contributed by atoms with Crippen LogP contribution in [0.25, 0.3) is 0 Å². The van der Waals surface area contributed by atoms with Crippen molar-refractivity contribution in [2.24, 2.45) is 0 Å². The molecule has 0 saturated carbocycles. The van der Waals surface area contributed by atoms with E-state index >= 15 is 0 Å². The van der Waals surface area contributed by atoms with Gasteiger partial charge in [0.2, 0.25) is 11.8 Å². The average molecular weight is 412 g/mol. The van der Waals surface area contributed by atoms with Crippen molar-refractivity contribution in [2.75, 3.05) is 25.0 Å². The third-order valence-electron chi connectivity index (χ3n) is 4.63. The standard InChI is InChI=1S/C20H21FN6O3/c1-13-23-19(30-26-13)7-8-20(28)27-9-10-29-16(12-27)15-3-2-4-18(24-15)25-17-6-5-14(21)11-22-17/h2-6,11,16H,7-10,12H2,1H3,(H,22,24,25)/t16-/m0/s1. The van der Waals surface area contributed by atoms with Crippen molar-refractivity contribution in [1.29, 1.82) is 0 Å². The van der Waals surface area contributed by atoms with E-state index in [0.717, 1.165) is 6.20 Å². The van der Waals surface area contributed by atoms with Gasteiger partial charge in [-0.2, -0.15) is 4.98 Å². The number of hydrogen-bond donors (Lipinski definition) is 1. The molecule has 0 aromatic carbocycles. The van der Waals surface area contributed by atoms with Gasteiger partial charge in [0, 0.05) is 19.4 Å². The van der Waals surface area contributed by atoms with Crippen LogP contribution in [-0.4, -0.2) is 50.6 Å². The first kappa shape index (κ1) is 19.9. The Hall–Kier alpha value is -3.40. The molecule has 1 aliphatic rings. The second-order valence-corrected chi connectivity index (χ2v) is 6.87. The first-order chi connectivity index (χ1) is 14.6. The molecule has 9 nitrogen and oxygen atoms in total. The van der Waals surface area contributed by atoms with Crippen molar-refractivity contribution in [2.45, 2.75) is 25.9 Å². The van der Waals surface area contributed by atoms with Crippen LogP contribution in [0.1, 0.15) is 29.9 Å². The number of rotatable bonds is 6. The van der Waals surface area contributed by atoms with E-state index in [4.69, 9.17) is 9.26 Å². The summed E-state index contributed by atoms with van der Waals surface area (Å²) < 4.78 is 23.9. The van der Waals surface area contributed by atoms with Gasteiger partial charge in [-0.05, 0) is 31.2 Å². The normalized spacial score (nSPS) is 16.5. The number of aryl methyl sites for hydroxylation is 2. The van der Waals surface area contributed by atoms with Gasteiger partial charge >= 0.3 is 0 Å². The molecule has 0 aliphatic carbocycles. The minimum atomic E-state index is -0.406. The molecule has 4 heterocycles. The van der Waals surface area contributed by atoms with Gasteiger partial charge in [-0.1, -0.05) is 11.2 Å². The van der Waals surface area contributed by atoms with Gasteiger partial charge in [0.15, 0.2) is 5.82 Å². The Bertz CT molecular complexity index is 1010. The zero-order chi connectivity index (χ0) is 20.9. The Morgan fingerprint density at radius 2 is 2.17 bits per heavy atom. The lowest BCUT2D eigenvalue weighted by Crippen LogP contribution is -2.42. The van der Waals surface area contributed by atoms with Crippen molar-refractivity contribution < 1.29 is 18.4 Å². The molecule has 1 amide bonds. The van der Waals surface area contributed by atoms with E-state index in [0.29, 0.717) is 61.6 Å². The maximum atomic E-state index is 13.0. The molecule has 1 aliphatic heterocycles. The fourth-order valence-corrected chi connectivity index (χ4v) is 3.15. The summed E-state index contributed by atoms with van der Waals surface area (Å²) in [4.78, 5) is 27.0. The van der Waals surface area contributed by atoms with Crippen LogP contribution >= 0.6 is 0 Å². The smallest absolute Gasteiger partial charge is 0.227 e. The maximum absolute atomic E-state index is 13.0. The minimum Gasteiger partial charge on any atom is -0.368 e. The molecule has 0 bridgehead atoms. The van der Waals surface area contributed by atoms with Gasteiger partial charge in [-0.25, -0.2) is 14.4 Å². The zero-order valence-electron chi connectivity index (χ0n) is 16.4. The minimum absolute atomic E-state index is 0.00365. The Labute approximate surface area is 172 Å². The fourth-order valence-electron chi connectivity index (χ4n) is 3.15. The number of ether oxygens (including phenoxy) is 1. The van der Waals surface area contributed by atoms with Crippen LogP contribution in [0.15, 0.2) is 41.1 Å². The highest BCUT2D eigenvalue weighted by molar-refractivity contribution is 5.76. The number of amides is 1. The summed E-state index contributed by atoms with van der Waals surface area (Å²) >= 11 is 0. The van der Waals surface area contributed by atoms with E-state index < -0.39 is 5.82 Å². The SMILES string of the molecule is Cc1noc(CCC(=O)N2CCO[C@H](c3cccc(Nc4ccc(F)cn4)n3)C2)n1. The van der Waals surface area contributed by atoms with Crippen LogP contribution in [0.4, 0.5) is 16.0 Å². The Kier molecular flexibility index (Phi) is 5.94. The third kappa shape index (κ3) is 4.95. The fraction of sp³-hybridized carbons (Fsp3) is 0.350. The van der Waals surface area contributed by atoms with Gasteiger partial charge < -0.3 is 19.5 Å². The Morgan fingerprint density at radius 3 is 2.93 bits per heavy atom. The monoisotopic (exact) mass is 412 g/mol.